The third-order valence-corrected chi connectivity index (χ3v) is 6.26. The molecule has 0 spiro atoms. The first-order chi connectivity index (χ1) is 15.5. The van der Waals surface area contributed by atoms with Crippen molar-refractivity contribution in [2.24, 2.45) is 7.05 Å². The van der Waals surface area contributed by atoms with Gasteiger partial charge in [0.25, 0.3) is 0 Å². The van der Waals surface area contributed by atoms with E-state index < -0.39 is 0 Å². The topological polar surface area (TPSA) is 21.4 Å². The molecule has 0 aliphatic carbocycles. The molecule has 156 valence electrons. The van der Waals surface area contributed by atoms with Gasteiger partial charge >= 0.3 is 0 Å². The normalized spacial score (nSPS) is 11.4. The maximum atomic E-state index is 7.68. The van der Waals surface area contributed by atoms with Crippen LogP contribution in [0.1, 0.15) is 30.9 Å². The molecule has 3 heteroatoms. The highest BCUT2D eigenvalue weighted by molar-refractivity contribution is 6.13. The molecule has 5 rings (SSSR count). The molecule has 0 amide bonds. The number of furan rings is 1. The molecule has 0 N–H and O–H groups in total. The quantitative estimate of drug-likeness (QED) is 0.217. The van der Waals surface area contributed by atoms with E-state index in [0.29, 0.717) is 11.6 Å². The van der Waals surface area contributed by atoms with Crippen LogP contribution in [0, 0.1) is 13.5 Å². The van der Waals surface area contributed by atoms with Crippen LogP contribution in [0.15, 0.2) is 77.3 Å². The predicted molar refractivity (Wildman–Crippen MR) is 131 cm³/mol. The summed E-state index contributed by atoms with van der Waals surface area (Å²) < 4.78 is 8.62. The Balaban J connectivity index is 1.80. The van der Waals surface area contributed by atoms with Gasteiger partial charge in [0.1, 0.15) is 18.2 Å². The summed E-state index contributed by atoms with van der Waals surface area (Å²) in [5.74, 6) is 0.464. The van der Waals surface area contributed by atoms with Crippen LogP contribution in [-0.2, 0) is 7.05 Å². The maximum Gasteiger partial charge on any atom is 0.212 e. The average molecular weight is 418 g/mol. The lowest BCUT2D eigenvalue weighted by Gasteiger charge is -2.09. The van der Waals surface area contributed by atoms with E-state index in [9.17, 15) is 0 Å². The molecule has 5 aromatic rings. The summed E-state index contributed by atoms with van der Waals surface area (Å²) in [6, 6.07) is 22.8. The van der Waals surface area contributed by atoms with Crippen LogP contribution in [0.25, 0.3) is 49.2 Å². The van der Waals surface area contributed by atoms with Crippen LogP contribution >= 0.6 is 0 Å². The molecule has 0 atom stereocenters. The number of nitrogens with zero attached hydrogens (tertiary/aromatic N) is 2. The fourth-order valence-corrected chi connectivity index (χ4v) is 4.45. The Morgan fingerprint density at radius 1 is 0.938 bits per heavy atom. The van der Waals surface area contributed by atoms with Gasteiger partial charge in [-0.1, -0.05) is 56.3 Å². The van der Waals surface area contributed by atoms with Crippen molar-refractivity contribution >= 4 is 27.6 Å². The highest BCUT2D eigenvalue weighted by atomic mass is 16.3. The van der Waals surface area contributed by atoms with Gasteiger partial charge in [0.15, 0.2) is 11.9 Å². The van der Waals surface area contributed by atoms with E-state index in [-0.39, 0.29) is 0 Å². The number of aromatic nitrogens is 1. The van der Waals surface area contributed by atoms with Gasteiger partial charge in [0, 0.05) is 28.5 Å². The molecule has 0 fully saturated rings. The molecule has 2 aromatic heterocycles. The Hall–Kier alpha value is -3.90. The fraction of sp³-hybridized carbons (Fsp3) is 0.172. The summed E-state index contributed by atoms with van der Waals surface area (Å²) in [6.07, 6.45) is 2.13. The summed E-state index contributed by atoms with van der Waals surface area (Å²) in [6.45, 7) is 14.3. The molecule has 0 aliphatic heterocycles. The second kappa shape index (κ2) is 7.66. The third kappa shape index (κ3) is 3.16. The first-order valence-corrected chi connectivity index (χ1v) is 10.9. The summed E-state index contributed by atoms with van der Waals surface area (Å²) in [7, 11) is 2.08. The monoisotopic (exact) mass is 417 g/mol. The number of benzene rings is 3. The number of hydrogen-bond acceptors (Lipinski definition) is 1. The second-order valence-electron chi connectivity index (χ2n) is 8.69. The molecular weight excluding hydrogens is 392 g/mol. The van der Waals surface area contributed by atoms with Gasteiger partial charge in [-0.25, -0.2) is 9.41 Å². The minimum absolute atomic E-state index is 0.464. The van der Waals surface area contributed by atoms with Gasteiger partial charge in [-0.05, 0) is 41.7 Å². The first-order valence-electron chi connectivity index (χ1n) is 10.9. The van der Waals surface area contributed by atoms with Crippen LogP contribution in [0.2, 0.25) is 0 Å². The van der Waals surface area contributed by atoms with Crippen LogP contribution < -0.4 is 4.57 Å². The molecule has 0 aliphatic rings. The fourth-order valence-electron chi connectivity index (χ4n) is 4.45. The van der Waals surface area contributed by atoms with Crippen LogP contribution in [0.5, 0.6) is 0 Å². The molecule has 3 aromatic carbocycles. The number of aryl methyl sites for hydroxylation is 2. The lowest BCUT2D eigenvalue weighted by atomic mass is 9.96. The van der Waals surface area contributed by atoms with E-state index >= 15 is 0 Å². The predicted octanol–water partition coefficient (Wildman–Crippen LogP) is 7.73. The zero-order chi connectivity index (χ0) is 22.4. The van der Waals surface area contributed by atoms with Crippen molar-refractivity contribution in [3.63, 3.8) is 0 Å². The number of rotatable bonds is 3. The molecule has 0 saturated heterocycles. The van der Waals surface area contributed by atoms with Gasteiger partial charge in [-0.3, -0.25) is 0 Å². The SMILES string of the molecule is [C-]#[N+]c1ccc2c(oc3cc(-c4cc(C(C)C)cc[n+]4C)c(C)cc32)c1-c1ccccc1. The van der Waals surface area contributed by atoms with Gasteiger partial charge in [0.2, 0.25) is 5.69 Å². The van der Waals surface area contributed by atoms with Crippen LogP contribution in [0.3, 0.4) is 0 Å². The number of hydrogen-bond donors (Lipinski definition) is 0. The van der Waals surface area contributed by atoms with Gasteiger partial charge in [-0.2, -0.15) is 0 Å². The molecule has 0 bridgehead atoms. The Bertz CT molecular complexity index is 1520. The summed E-state index contributed by atoms with van der Waals surface area (Å²) in [5.41, 5.74) is 8.93. The standard InChI is InChI=1S/C29H25N2O/c1-18(2)21-13-14-31(5)26(16-21)23-17-27-24(15-19(23)3)22-11-12-25(30-4)28(29(22)32-27)20-9-7-6-8-10-20/h6-18H,1-3,5H3/q+1. The van der Waals surface area contributed by atoms with E-state index in [1.54, 1.807) is 0 Å². The number of fused-ring (bicyclic) bond motifs is 3. The number of pyridine rings is 1. The highest BCUT2D eigenvalue weighted by Gasteiger charge is 2.20. The zero-order valence-electron chi connectivity index (χ0n) is 18.8. The van der Waals surface area contributed by atoms with Gasteiger partial charge in [0.05, 0.1) is 12.1 Å². The molecule has 0 saturated carbocycles. The van der Waals surface area contributed by atoms with Crippen molar-refractivity contribution in [1.82, 2.24) is 0 Å². The summed E-state index contributed by atoms with van der Waals surface area (Å²) in [5, 5.41) is 2.12. The Morgan fingerprint density at radius 3 is 2.44 bits per heavy atom. The van der Waals surface area contributed by atoms with E-state index in [2.05, 4.69) is 67.7 Å². The van der Waals surface area contributed by atoms with Crippen molar-refractivity contribution in [2.45, 2.75) is 26.7 Å². The highest BCUT2D eigenvalue weighted by Crippen LogP contribution is 2.42. The zero-order valence-corrected chi connectivity index (χ0v) is 18.8. The molecule has 0 radical (unpaired) electrons. The first kappa shape index (κ1) is 20.0. The Kier molecular flexibility index (Phi) is 4.79. The molecule has 0 unspecified atom stereocenters. The second-order valence-corrected chi connectivity index (χ2v) is 8.69. The van der Waals surface area contributed by atoms with Gasteiger partial charge < -0.3 is 4.42 Å². The maximum absolute atomic E-state index is 7.68. The van der Waals surface area contributed by atoms with Crippen molar-refractivity contribution in [1.29, 1.82) is 0 Å². The average Bonchev–Trinajstić information content (AvgIpc) is 3.16. The molecule has 3 nitrogen and oxygen atoms in total. The lowest BCUT2D eigenvalue weighted by Crippen LogP contribution is -2.30. The largest absolute Gasteiger partial charge is 0.457 e. The van der Waals surface area contributed by atoms with Crippen molar-refractivity contribution in [3.8, 4) is 22.4 Å². The van der Waals surface area contributed by atoms with Crippen molar-refractivity contribution in [2.75, 3.05) is 0 Å². The molecular formula is C29H25N2O+. The smallest absolute Gasteiger partial charge is 0.212 e. The third-order valence-electron chi connectivity index (χ3n) is 6.26. The van der Waals surface area contributed by atoms with E-state index in [1.165, 1.54) is 16.8 Å². The van der Waals surface area contributed by atoms with Crippen LogP contribution in [0.4, 0.5) is 5.69 Å². The molecule has 2 heterocycles. The minimum Gasteiger partial charge on any atom is -0.457 e. The Morgan fingerprint density at radius 2 is 1.72 bits per heavy atom. The van der Waals surface area contributed by atoms with Crippen molar-refractivity contribution < 1.29 is 8.98 Å². The van der Waals surface area contributed by atoms with Crippen LogP contribution in [-0.4, -0.2) is 0 Å². The summed E-state index contributed by atoms with van der Waals surface area (Å²) >= 11 is 0. The summed E-state index contributed by atoms with van der Waals surface area (Å²) in [4.78, 5) is 3.77. The van der Waals surface area contributed by atoms with E-state index in [0.717, 1.165) is 38.6 Å². The van der Waals surface area contributed by atoms with Crippen molar-refractivity contribution in [3.05, 3.63) is 95.5 Å². The Labute approximate surface area is 188 Å². The molecule has 32 heavy (non-hydrogen) atoms. The van der Waals surface area contributed by atoms with E-state index in [4.69, 9.17) is 11.0 Å². The lowest BCUT2D eigenvalue weighted by molar-refractivity contribution is -0.660. The minimum atomic E-state index is 0.464. The van der Waals surface area contributed by atoms with E-state index in [1.807, 2.05) is 42.5 Å². The van der Waals surface area contributed by atoms with Gasteiger partial charge in [-0.15, -0.1) is 0 Å².